The van der Waals surface area contributed by atoms with Gasteiger partial charge in [-0.25, -0.2) is 0 Å². The van der Waals surface area contributed by atoms with Crippen LogP contribution in [0.5, 0.6) is 0 Å². The van der Waals surface area contributed by atoms with E-state index in [1.54, 1.807) is 0 Å². The van der Waals surface area contributed by atoms with Gasteiger partial charge >= 0.3 is 0 Å². The molecule has 108 valence electrons. The Morgan fingerprint density at radius 3 is 2.48 bits per heavy atom. The number of aromatic nitrogens is 1. The number of rotatable bonds is 3. The highest BCUT2D eigenvalue weighted by Gasteiger charge is 2.27. The van der Waals surface area contributed by atoms with Crippen molar-refractivity contribution in [1.29, 1.82) is 0 Å². The van der Waals surface area contributed by atoms with Crippen LogP contribution in [0.2, 0.25) is 5.02 Å². The highest BCUT2D eigenvalue weighted by Crippen LogP contribution is 2.35. The number of fused-ring (bicyclic) bond motifs is 1. The van der Waals surface area contributed by atoms with Crippen LogP contribution in [0.25, 0.3) is 10.9 Å². The molecule has 21 heavy (non-hydrogen) atoms. The summed E-state index contributed by atoms with van der Waals surface area (Å²) in [5.41, 5.74) is 9.18. The fourth-order valence-corrected chi connectivity index (χ4v) is 3.07. The van der Waals surface area contributed by atoms with Crippen molar-refractivity contribution in [3.05, 3.63) is 65.3 Å². The Morgan fingerprint density at radius 2 is 1.81 bits per heavy atom. The highest BCUT2D eigenvalue weighted by atomic mass is 35.5. The van der Waals surface area contributed by atoms with Gasteiger partial charge in [0.25, 0.3) is 0 Å². The first-order valence-corrected chi connectivity index (χ1v) is 7.56. The lowest BCUT2D eigenvalue weighted by Gasteiger charge is -2.32. The number of nitrogens with two attached hydrogens (primary N) is 1. The minimum absolute atomic E-state index is 0.125. The van der Waals surface area contributed by atoms with E-state index in [4.69, 9.17) is 17.3 Å². The molecular formula is C18H19ClN2. The van der Waals surface area contributed by atoms with Crippen LogP contribution < -0.4 is 5.73 Å². The number of nitrogen functional groups attached to an aromatic ring is 1. The molecule has 0 amide bonds. The first-order valence-electron chi connectivity index (χ1n) is 7.18. The molecule has 2 N–H and O–H groups in total. The normalized spacial score (nSPS) is 14.2. The van der Waals surface area contributed by atoms with Crippen LogP contribution in [0.3, 0.4) is 0 Å². The lowest BCUT2D eigenvalue weighted by Crippen LogP contribution is -2.29. The van der Waals surface area contributed by atoms with Crippen LogP contribution in [-0.4, -0.2) is 4.57 Å². The summed E-state index contributed by atoms with van der Waals surface area (Å²) in [5, 5.41) is 1.87. The van der Waals surface area contributed by atoms with Gasteiger partial charge in [-0.05, 0) is 49.2 Å². The Hall–Kier alpha value is -1.93. The van der Waals surface area contributed by atoms with E-state index in [-0.39, 0.29) is 5.54 Å². The summed E-state index contributed by atoms with van der Waals surface area (Å²) in [6.07, 6.45) is 3.10. The van der Waals surface area contributed by atoms with Gasteiger partial charge in [-0.2, -0.15) is 0 Å². The van der Waals surface area contributed by atoms with E-state index in [0.29, 0.717) is 0 Å². The van der Waals surface area contributed by atoms with E-state index in [2.05, 4.69) is 48.9 Å². The van der Waals surface area contributed by atoms with Crippen LogP contribution in [-0.2, 0) is 5.54 Å². The number of halogens is 1. The maximum atomic E-state index is 6.08. The topological polar surface area (TPSA) is 30.9 Å². The molecule has 0 aliphatic carbocycles. The second-order valence-corrected chi connectivity index (χ2v) is 6.04. The fraction of sp³-hybridized carbons (Fsp3) is 0.222. The molecule has 2 aromatic carbocycles. The Bertz CT molecular complexity index is 774. The summed E-state index contributed by atoms with van der Waals surface area (Å²) in [6.45, 7) is 4.45. The fourth-order valence-electron chi connectivity index (χ4n) is 2.94. The van der Waals surface area contributed by atoms with Crippen LogP contribution in [0.15, 0.2) is 54.7 Å². The number of anilines is 1. The third kappa shape index (κ3) is 2.20. The molecule has 0 aliphatic heterocycles. The molecule has 0 saturated carbocycles. The minimum Gasteiger partial charge on any atom is -0.398 e. The minimum atomic E-state index is -0.125. The molecule has 0 bridgehead atoms. The molecule has 0 saturated heterocycles. The summed E-state index contributed by atoms with van der Waals surface area (Å²) < 4.78 is 2.31. The van der Waals surface area contributed by atoms with E-state index in [0.717, 1.165) is 28.0 Å². The monoisotopic (exact) mass is 298 g/mol. The van der Waals surface area contributed by atoms with Crippen LogP contribution >= 0.6 is 11.6 Å². The molecule has 2 nitrogen and oxygen atoms in total. The van der Waals surface area contributed by atoms with Gasteiger partial charge in [-0.3, -0.25) is 0 Å². The van der Waals surface area contributed by atoms with Crippen molar-refractivity contribution in [2.24, 2.45) is 0 Å². The standard InChI is InChI=1S/C18H19ClN2/c1-3-18(2,13-7-9-14(19)10-8-13)21-12-11-15-16(20)5-4-6-17(15)21/h4-12H,3,20H2,1-2H3. The molecule has 1 heterocycles. The first-order chi connectivity index (χ1) is 10.1. The second kappa shape index (κ2) is 5.12. The molecule has 1 unspecified atom stereocenters. The summed E-state index contributed by atoms with van der Waals surface area (Å²) in [6, 6.07) is 16.3. The SMILES string of the molecule is CCC(C)(c1ccc(Cl)cc1)n1ccc2c(N)cccc21. The Balaban J connectivity index is 2.22. The van der Waals surface area contributed by atoms with Gasteiger partial charge in [0.2, 0.25) is 0 Å². The predicted molar refractivity (Wildman–Crippen MR) is 90.8 cm³/mol. The quantitative estimate of drug-likeness (QED) is 0.674. The van der Waals surface area contributed by atoms with E-state index >= 15 is 0 Å². The second-order valence-electron chi connectivity index (χ2n) is 5.60. The lowest BCUT2D eigenvalue weighted by atomic mass is 9.89. The molecule has 3 heteroatoms. The predicted octanol–water partition coefficient (Wildman–Crippen LogP) is 5.05. The number of nitrogens with zero attached hydrogens (tertiary/aromatic N) is 1. The smallest absolute Gasteiger partial charge is 0.0666 e. The molecule has 0 spiro atoms. The van der Waals surface area contributed by atoms with Gasteiger partial charge in [0.1, 0.15) is 0 Å². The molecular weight excluding hydrogens is 280 g/mol. The third-order valence-corrected chi connectivity index (χ3v) is 4.70. The summed E-state index contributed by atoms with van der Waals surface area (Å²) in [5.74, 6) is 0. The van der Waals surface area contributed by atoms with Gasteiger partial charge in [-0.1, -0.05) is 36.7 Å². The number of benzene rings is 2. The number of hydrogen-bond donors (Lipinski definition) is 1. The maximum Gasteiger partial charge on any atom is 0.0666 e. The van der Waals surface area contributed by atoms with E-state index in [1.165, 1.54) is 5.56 Å². The Kier molecular flexibility index (Phi) is 3.42. The van der Waals surface area contributed by atoms with Gasteiger partial charge in [0, 0.05) is 22.3 Å². The van der Waals surface area contributed by atoms with E-state index < -0.39 is 0 Å². The van der Waals surface area contributed by atoms with Gasteiger partial charge in [0.15, 0.2) is 0 Å². The zero-order chi connectivity index (χ0) is 15.0. The average molecular weight is 299 g/mol. The van der Waals surface area contributed by atoms with Crippen molar-refractivity contribution in [3.63, 3.8) is 0 Å². The summed E-state index contributed by atoms with van der Waals surface area (Å²) in [7, 11) is 0. The van der Waals surface area contributed by atoms with Gasteiger partial charge < -0.3 is 10.3 Å². The molecule has 3 aromatic rings. The van der Waals surface area contributed by atoms with Gasteiger partial charge in [-0.15, -0.1) is 0 Å². The first kappa shape index (κ1) is 14.0. The largest absolute Gasteiger partial charge is 0.398 e. The van der Waals surface area contributed by atoms with Crippen molar-refractivity contribution < 1.29 is 0 Å². The zero-order valence-corrected chi connectivity index (χ0v) is 13.1. The van der Waals surface area contributed by atoms with E-state index in [9.17, 15) is 0 Å². The Labute approximate surface area is 130 Å². The van der Waals surface area contributed by atoms with Gasteiger partial charge in [0.05, 0.1) is 11.1 Å². The van der Waals surface area contributed by atoms with Crippen molar-refractivity contribution in [2.45, 2.75) is 25.8 Å². The van der Waals surface area contributed by atoms with E-state index in [1.807, 2.05) is 24.3 Å². The molecule has 0 radical (unpaired) electrons. The molecule has 0 fully saturated rings. The van der Waals surface area contributed by atoms with Crippen molar-refractivity contribution in [3.8, 4) is 0 Å². The van der Waals surface area contributed by atoms with Crippen LogP contribution in [0.4, 0.5) is 5.69 Å². The average Bonchev–Trinajstić information content (AvgIpc) is 2.93. The van der Waals surface area contributed by atoms with Crippen molar-refractivity contribution in [2.75, 3.05) is 5.73 Å². The molecule has 1 atom stereocenters. The highest BCUT2D eigenvalue weighted by molar-refractivity contribution is 6.30. The lowest BCUT2D eigenvalue weighted by molar-refractivity contribution is 0.391. The summed E-state index contributed by atoms with van der Waals surface area (Å²) >= 11 is 6.02. The molecule has 1 aromatic heterocycles. The Morgan fingerprint density at radius 1 is 1.10 bits per heavy atom. The maximum absolute atomic E-state index is 6.08. The van der Waals surface area contributed by atoms with Crippen LogP contribution in [0, 0.1) is 0 Å². The number of hydrogen-bond acceptors (Lipinski definition) is 1. The zero-order valence-electron chi connectivity index (χ0n) is 12.3. The van der Waals surface area contributed by atoms with Crippen molar-refractivity contribution >= 4 is 28.2 Å². The van der Waals surface area contributed by atoms with Crippen LogP contribution in [0.1, 0.15) is 25.8 Å². The van der Waals surface area contributed by atoms with Crippen molar-refractivity contribution in [1.82, 2.24) is 4.57 Å². The summed E-state index contributed by atoms with van der Waals surface area (Å²) in [4.78, 5) is 0. The molecule has 0 aliphatic rings. The molecule has 3 rings (SSSR count). The third-order valence-electron chi connectivity index (χ3n) is 4.45.